The summed E-state index contributed by atoms with van der Waals surface area (Å²) < 4.78 is 12.2. The number of anilines is 2. The summed E-state index contributed by atoms with van der Waals surface area (Å²) >= 11 is 0. The maximum Gasteiger partial charge on any atom is 0.239 e. The van der Waals surface area contributed by atoms with Gasteiger partial charge in [-0.3, -0.25) is 9.00 Å². The standard InChI is InChI=1S/C16H18N2O2S/c1-12-3-9-15(10-4-12)21(20)11-16(19)18(2)14-7-5-13(17)6-8-14/h3-10H,11,17H2,1-2H3. The molecular formula is C16H18N2O2S. The van der Waals surface area contributed by atoms with Crippen LogP contribution in [0.5, 0.6) is 0 Å². The number of aryl methyl sites for hydroxylation is 1. The lowest BCUT2D eigenvalue weighted by atomic mass is 10.2. The normalized spacial score (nSPS) is 11.9. The molecule has 0 bridgehead atoms. The van der Waals surface area contributed by atoms with Gasteiger partial charge in [0, 0.05) is 23.3 Å². The van der Waals surface area contributed by atoms with Gasteiger partial charge in [-0.2, -0.15) is 0 Å². The number of benzene rings is 2. The fourth-order valence-corrected chi connectivity index (χ4v) is 2.85. The molecule has 110 valence electrons. The molecule has 0 aromatic heterocycles. The number of nitrogen functional groups attached to an aromatic ring is 1. The molecule has 0 spiro atoms. The fourth-order valence-electron chi connectivity index (χ4n) is 1.82. The first-order valence-electron chi connectivity index (χ1n) is 6.54. The summed E-state index contributed by atoms with van der Waals surface area (Å²) in [6.45, 7) is 1.97. The summed E-state index contributed by atoms with van der Waals surface area (Å²) in [6.07, 6.45) is 0. The van der Waals surface area contributed by atoms with Gasteiger partial charge in [-0.25, -0.2) is 0 Å². The highest BCUT2D eigenvalue weighted by molar-refractivity contribution is 7.85. The van der Waals surface area contributed by atoms with E-state index in [2.05, 4.69) is 0 Å². The van der Waals surface area contributed by atoms with Gasteiger partial charge in [0.2, 0.25) is 5.91 Å². The van der Waals surface area contributed by atoms with Crippen molar-refractivity contribution < 1.29 is 9.00 Å². The summed E-state index contributed by atoms with van der Waals surface area (Å²) in [5, 5.41) is 0. The third kappa shape index (κ3) is 3.92. The van der Waals surface area contributed by atoms with Gasteiger partial charge in [-0.1, -0.05) is 17.7 Å². The number of nitrogens with zero attached hydrogens (tertiary/aromatic N) is 1. The van der Waals surface area contributed by atoms with E-state index >= 15 is 0 Å². The Balaban J connectivity index is 2.05. The lowest BCUT2D eigenvalue weighted by Crippen LogP contribution is -2.30. The first-order chi connectivity index (χ1) is 9.97. The van der Waals surface area contributed by atoms with Gasteiger partial charge in [-0.05, 0) is 43.3 Å². The van der Waals surface area contributed by atoms with Crippen molar-refractivity contribution in [3.63, 3.8) is 0 Å². The highest BCUT2D eigenvalue weighted by atomic mass is 32.2. The van der Waals surface area contributed by atoms with Crippen molar-refractivity contribution in [1.29, 1.82) is 0 Å². The van der Waals surface area contributed by atoms with Crippen molar-refractivity contribution >= 4 is 28.1 Å². The number of carbonyl (C=O) groups excluding carboxylic acids is 1. The smallest absolute Gasteiger partial charge is 0.239 e. The molecule has 2 N–H and O–H groups in total. The molecule has 2 aromatic rings. The van der Waals surface area contributed by atoms with Crippen molar-refractivity contribution in [1.82, 2.24) is 0 Å². The Morgan fingerprint density at radius 1 is 1.10 bits per heavy atom. The van der Waals surface area contributed by atoms with Gasteiger partial charge in [-0.15, -0.1) is 0 Å². The third-order valence-electron chi connectivity index (χ3n) is 3.19. The van der Waals surface area contributed by atoms with Gasteiger partial charge in [0.25, 0.3) is 0 Å². The molecule has 0 saturated carbocycles. The largest absolute Gasteiger partial charge is 0.399 e. The summed E-state index contributed by atoms with van der Waals surface area (Å²) in [5.74, 6) is -0.233. The van der Waals surface area contributed by atoms with E-state index in [0.29, 0.717) is 10.6 Å². The summed E-state index contributed by atoms with van der Waals surface area (Å²) in [7, 11) is 0.330. The van der Waals surface area contributed by atoms with Crippen molar-refractivity contribution in [3.05, 3.63) is 54.1 Å². The van der Waals surface area contributed by atoms with Crippen molar-refractivity contribution in [2.45, 2.75) is 11.8 Å². The summed E-state index contributed by atoms with van der Waals surface area (Å²) in [4.78, 5) is 14.3. The molecule has 0 aliphatic rings. The molecule has 0 heterocycles. The van der Waals surface area contributed by atoms with Gasteiger partial charge in [0.1, 0.15) is 5.75 Å². The predicted molar refractivity (Wildman–Crippen MR) is 86.7 cm³/mol. The SMILES string of the molecule is Cc1ccc(S(=O)CC(=O)N(C)c2ccc(N)cc2)cc1. The highest BCUT2D eigenvalue weighted by Crippen LogP contribution is 2.16. The molecule has 4 nitrogen and oxygen atoms in total. The Morgan fingerprint density at radius 2 is 1.67 bits per heavy atom. The van der Waals surface area contributed by atoms with E-state index in [1.54, 1.807) is 43.4 Å². The van der Waals surface area contributed by atoms with Gasteiger partial charge >= 0.3 is 0 Å². The van der Waals surface area contributed by atoms with Crippen LogP contribution in [0.3, 0.4) is 0 Å². The monoisotopic (exact) mass is 302 g/mol. The van der Waals surface area contributed by atoms with Crippen LogP contribution in [0.25, 0.3) is 0 Å². The molecule has 1 atom stereocenters. The number of hydrogen-bond acceptors (Lipinski definition) is 3. The number of amides is 1. The molecule has 0 fully saturated rings. The van der Waals surface area contributed by atoms with Gasteiger partial charge in [0.05, 0.1) is 10.8 Å². The van der Waals surface area contributed by atoms with Crippen LogP contribution in [-0.2, 0) is 15.6 Å². The lowest BCUT2D eigenvalue weighted by Gasteiger charge is -2.17. The second-order valence-corrected chi connectivity index (χ2v) is 6.30. The zero-order chi connectivity index (χ0) is 15.4. The topological polar surface area (TPSA) is 63.4 Å². The van der Waals surface area contributed by atoms with Crippen LogP contribution in [0.2, 0.25) is 0 Å². The van der Waals surface area contributed by atoms with Crippen LogP contribution in [-0.4, -0.2) is 22.9 Å². The van der Waals surface area contributed by atoms with Crippen LogP contribution < -0.4 is 10.6 Å². The molecule has 0 radical (unpaired) electrons. The molecular weight excluding hydrogens is 284 g/mol. The average molecular weight is 302 g/mol. The quantitative estimate of drug-likeness (QED) is 0.882. The van der Waals surface area contributed by atoms with E-state index in [1.165, 1.54) is 4.90 Å². The minimum absolute atomic E-state index is 0.0378. The first kappa shape index (κ1) is 15.3. The fraction of sp³-hybridized carbons (Fsp3) is 0.188. The van der Waals surface area contributed by atoms with E-state index in [9.17, 15) is 9.00 Å². The minimum atomic E-state index is -1.34. The summed E-state index contributed by atoms with van der Waals surface area (Å²) in [5.41, 5.74) is 8.09. The van der Waals surface area contributed by atoms with E-state index in [4.69, 9.17) is 5.73 Å². The molecule has 1 amide bonds. The molecule has 1 unspecified atom stereocenters. The molecule has 2 rings (SSSR count). The van der Waals surface area contributed by atoms with Crippen LogP contribution >= 0.6 is 0 Å². The number of rotatable bonds is 4. The zero-order valence-corrected chi connectivity index (χ0v) is 12.9. The van der Waals surface area contributed by atoms with Crippen molar-refractivity contribution in [3.8, 4) is 0 Å². The van der Waals surface area contributed by atoms with Crippen LogP contribution in [0, 0.1) is 6.92 Å². The summed E-state index contributed by atoms with van der Waals surface area (Å²) in [6, 6.07) is 14.4. The van der Waals surface area contributed by atoms with Crippen LogP contribution in [0.15, 0.2) is 53.4 Å². The first-order valence-corrected chi connectivity index (χ1v) is 7.86. The van der Waals surface area contributed by atoms with Crippen molar-refractivity contribution in [2.24, 2.45) is 0 Å². The molecule has 2 aromatic carbocycles. The van der Waals surface area contributed by atoms with E-state index in [1.807, 2.05) is 19.1 Å². The Bertz CT molecular complexity index is 651. The second-order valence-electron chi connectivity index (χ2n) is 4.85. The lowest BCUT2D eigenvalue weighted by molar-refractivity contribution is -0.115. The molecule has 21 heavy (non-hydrogen) atoms. The van der Waals surface area contributed by atoms with Crippen LogP contribution in [0.1, 0.15) is 5.56 Å². The zero-order valence-electron chi connectivity index (χ0n) is 12.1. The Hall–Kier alpha value is -2.14. The molecule has 0 saturated heterocycles. The van der Waals surface area contributed by atoms with E-state index in [-0.39, 0.29) is 11.7 Å². The second kappa shape index (κ2) is 6.54. The maximum absolute atomic E-state index is 12.2. The predicted octanol–water partition coefficient (Wildman–Crippen LogP) is 2.35. The van der Waals surface area contributed by atoms with Gasteiger partial charge in [0.15, 0.2) is 0 Å². The number of hydrogen-bond donors (Lipinski definition) is 1. The Labute approximate surface area is 127 Å². The highest BCUT2D eigenvalue weighted by Gasteiger charge is 2.15. The van der Waals surface area contributed by atoms with Crippen LogP contribution in [0.4, 0.5) is 11.4 Å². The van der Waals surface area contributed by atoms with Gasteiger partial charge < -0.3 is 10.6 Å². The maximum atomic E-state index is 12.2. The Morgan fingerprint density at radius 3 is 2.24 bits per heavy atom. The molecule has 0 aliphatic heterocycles. The Kier molecular flexibility index (Phi) is 4.75. The molecule has 5 heteroatoms. The van der Waals surface area contributed by atoms with E-state index < -0.39 is 10.8 Å². The van der Waals surface area contributed by atoms with Crippen molar-refractivity contribution in [2.75, 3.05) is 23.4 Å². The van der Waals surface area contributed by atoms with E-state index in [0.717, 1.165) is 11.3 Å². The minimum Gasteiger partial charge on any atom is -0.399 e. The number of nitrogens with two attached hydrogens (primary N) is 1. The number of carbonyl (C=O) groups is 1. The third-order valence-corrected chi connectivity index (χ3v) is 4.50. The molecule has 0 aliphatic carbocycles. The average Bonchev–Trinajstić information content (AvgIpc) is 2.47.